The zero-order chi connectivity index (χ0) is 25.2. The lowest BCUT2D eigenvalue weighted by Crippen LogP contribution is -2.43. The van der Waals surface area contributed by atoms with Crippen LogP contribution in [0.4, 0.5) is 11.8 Å². The molecule has 0 spiro atoms. The number of primary sulfonamides is 1. The number of hydrogen-bond acceptors (Lipinski definition) is 11. The van der Waals surface area contributed by atoms with Gasteiger partial charge in [-0.2, -0.15) is 0 Å². The third-order valence-corrected chi connectivity index (χ3v) is 7.28. The van der Waals surface area contributed by atoms with Gasteiger partial charge in [0.1, 0.15) is 11.1 Å². The molecule has 1 aliphatic heterocycles. The lowest BCUT2D eigenvalue weighted by atomic mass is 9.98. The van der Waals surface area contributed by atoms with Crippen LogP contribution in [0.3, 0.4) is 0 Å². The minimum absolute atomic E-state index is 0.234. The Morgan fingerprint density at radius 1 is 1.14 bits per heavy atom. The van der Waals surface area contributed by atoms with Gasteiger partial charge in [-0.25, -0.2) is 18.5 Å². The van der Waals surface area contributed by atoms with E-state index in [1.807, 2.05) is 4.90 Å². The molecule has 12 nitrogen and oxygen atoms in total. The molecule has 0 bridgehead atoms. The van der Waals surface area contributed by atoms with Gasteiger partial charge in [-0.1, -0.05) is 12.0 Å². The van der Waals surface area contributed by atoms with E-state index in [1.165, 1.54) is 14.2 Å². The summed E-state index contributed by atoms with van der Waals surface area (Å²) in [5.41, 5.74) is 8.27. The van der Waals surface area contributed by atoms with Crippen molar-refractivity contribution in [2.24, 2.45) is 5.14 Å². The Hall–Kier alpha value is -3.42. The standard InChI is InChI=1S/C22H29N7O5S/c1-4-18(35(24,30)31)16-9-13(11-17(32-2)19(16)33-3)15-10-14(12-26-20(15)23)21-27-28-22(34-21)29-7-5-25-6-8-29/h9-12,18,25H,4-8H2,1-3H3,(H2,23,26)(H2,24,30,31). The van der Waals surface area contributed by atoms with Crippen molar-refractivity contribution < 1.29 is 22.3 Å². The van der Waals surface area contributed by atoms with Crippen LogP contribution in [0.1, 0.15) is 24.2 Å². The summed E-state index contributed by atoms with van der Waals surface area (Å²) in [6.45, 7) is 4.94. The highest BCUT2D eigenvalue weighted by molar-refractivity contribution is 7.89. The summed E-state index contributed by atoms with van der Waals surface area (Å²) in [5.74, 6) is 1.16. The van der Waals surface area contributed by atoms with E-state index in [9.17, 15) is 8.42 Å². The number of nitrogens with two attached hydrogens (primary N) is 2. The molecule has 0 radical (unpaired) electrons. The molecule has 35 heavy (non-hydrogen) atoms. The van der Waals surface area contributed by atoms with Gasteiger partial charge in [-0.3, -0.25) is 0 Å². The molecule has 1 unspecified atom stereocenters. The number of methoxy groups -OCH3 is 2. The number of hydrogen-bond donors (Lipinski definition) is 3. The Kier molecular flexibility index (Phi) is 7.10. The van der Waals surface area contributed by atoms with Crippen molar-refractivity contribution in [3.8, 4) is 34.1 Å². The molecule has 0 amide bonds. The maximum absolute atomic E-state index is 12.3. The number of benzene rings is 1. The summed E-state index contributed by atoms with van der Waals surface area (Å²) in [4.78, 5) is 6.32. The van der Waals surface area contributed by atoms with Crippen LogP contribution in [0.2, 0.25) is 0 Å². The van der Waals surface area contributed by atoms with E-state index in [0.29, 0.717) is 39.9 Å². The number of nitrogen functional groups attached to an aromatic ring is 1. The Morgan fingerprint density at radius 3 is 2.51 bits per heavy atom. The van der Waals surface area contributed by atoms with Gasteiger partial charge in [0.15, 0.2) is 11.5 Å². The van der Waals surface area contributed by atoms with E-state index >= 15 is 0 Å². The van der Waals surface area contributed by atoms with Gasteiger partial charge in [-0.05, 0) is 30.2 Å². The first kappa shape index (κ1) is 24.7. The topological polar surface area (TPSA) is 172 Å². The molecule has 13 heteroatoms. The van der Waals surface area contributed by atoms with Crippen LogP contribution >= 0.6 is 0 Å². The highest BCUT2D eigenvalue weighted by atomic mass is 32.2. The fourth-order valence-corrected chi connectivity index (χ4v) is 5.15. The number of pyridine rings is 1. The smallest absolute Gasteiger partial charge is 0.318 e. The van der Waals surface area contributed by atoms with Crippen LogP contribution in [-0.2, 0) is 10.0 Å². The molecule has 5 N–H and O–H groups in total. The summed E-state index contributed by atoms with van der Waals surface area (Å²) < 4.78 is 41.5. The third-order valence-electron chi connectivity index (χ3n) is 5.90. The molecule has 3 heterocycles. The lowest BCUT2D eigenvalue weighted by molar-refractivity contribution is 0.351. The van der Waals surface area contributed by atoms with Gasteiger partial charge in [0.25, 0.3) is 5.89 Å². The molecule has 3 aromatic rings. The van der Waals surface area contributed by atoms with Gasteiger partial charge in [0.2, 0.25) is 10.0 Å². The average molecular weight is 504 g/mol. The molecule has 1 aliphatic rings. The van der Waals surface area contributed by atoms with E-state index in [1.54, 1.807) is 31.3 Å². The largest absolute Gasteiger partial charge is 0.493 e. The maximum atomic E-state index is 12.3. The second-order valence-corrected chi connectivity index (χ2v) is 9.82. The first-order chi connectivity index (χ1) is 16.8. The number of nitrogens with one attached hydrogen (secondary N) is 1. The quantitative estimate of drug-likeness (QED) is 0.407. The molecule has 1 saturated heterocycles. The van der Waals surface area contributed by atoms with Crippen molar-refractivity contribution in [2.75, 3.05) is 51.0 Å². The molecule has 1 fully saturated rings. The molecule has 1 aromatic carbocycles. The van der Waals surface area contributed by atoms with Crippen molar-refractivity contribution in [3.05, 3.63) is 30.0 Å². The van der Waals surface area contributed by atoms with E-state index in [4.69, 9.17) is 24.8 Å². The highest BCUT2D eigenvalue weighted by Crippen LogP contribution is 2.43. The van der Waals surface area contributed by atoms with Gasteiger partial charge in [0, 0.05) is 43.5 Å². The number of ether oxygens (including phenoxy) is 2. The summed E-state index contributed by atoms with van der Waals surface area (Å²) in [7, 11) is -1.01. The maximum Gasteiger partial charge on any atom is 0.318 e. The minimum atomic E-state index is -3.92. The lowest BCUT2D eigenvalue weighted by Gasteiger charge is -2.24. The predicted octanol–water partition coefficient (Wildman–Crippen LogP) is 1.55. The highest BCUT2D eigenvalue weighted by Gasteiger charge is 2.28. The molecule has 0 aliphatic carbocycles. The summed E-state index contributed by atoms with van der Waals surface area (Å²) >= 11 is 0. The Labute approximate surface area is 203 Å². The Balaban J connectivity index is 1.80. The number of rotatable bonds is 8. The van der Waals surface area contributed by atoms with Gasteiger partial charge >= 0.3 is 6.01 Å². The zero-order valence-electron chi connectivity index (χ0n) is 19.8. The minimum Gasteiger partial charge on any atom is -0.493 e. The normalized spacial score (nSPS) is 15.1. The van der Waals surface area contributed by atoms with Crippen LogP contribution in [-0.4, -0.2) is 64.0 Å². The van der Waals surface area contributed by atoms with Crippen LogP contribution in [0.5, 0.6) is 11.5 Å². The van der Waals surface area contributed by atoms with Crippen molar-refractivity contribution in [2.45, 2.75) is 18.6 Å². The molecular formula is C22H29N7O5S. The first-order valence-electron chi connectivity index (χ1n) is 11.1. The molecule has 0 saturated carbocycles. The van der Waals surface area contributed by atoms with Gasteiger partial charge < -0.3 is 29.8 Å². The number of piperazine rings is 1. The van der Waals surface area contributed by atoms with Crippen LogP contribution in [0.15, 0.2) is 28.8 Å². The molecule has 4 rings (SSSR count). The SMILES string of the molecule is CCC(c1cc(-c2cc(-c3nnc(N4CCNCC4)o3)cnc2N)cc(OC)c1OC)S(N)(=O)=O. The molecule has 2 aromatic heterocycles. The van der Waals surface area contributed by atoms with E-state index in [0.717, 1.165) is 26.2 Å². The molecular weight excluding hydrogens is 474 g/mol. The zero-order valence-corrected chi connectivity index (χ0v) is 20.6. The summed E-state index contributed by atoms with van der Waals surface area (Å²) in [5, 5.41) is 16.2. The van der Waals surface area contributed by atoms with E-state index < -0.39 is 15.3 Å². The fourth-order valence-electron chi connectivity index (χ4n) is 4.16. The second-order valence-electron chi connectivity index (χ2n) is 8.07. The Bertz CT molecular complexity index is 1310. The summed E-state index contributed by atoms with van der Waals surface area (Å²) in [6.07, 6.45) is 1.79. The monoisotopic (exact) mass is 503 g/mol. The van der Waals surface area contributed by atoms with Gasteiger partial charge in [-0.15, -0.1) is 5.10 Å². The number of sulfonamides is 1. The number of nitrogens with zero attached hydrogens (tertiary/aromatic N) is 4. The van der Waals surface area contributed by atoms with Crippen molar-refractivity contribution in [1.29, 1.82) is 0 Å². The van der Waals surface area contributed by atoms with Crippen LogP contribution in [0.25, 0.3) is 22.6 Å². The predicted molar refractivity (Wildman–Crippen MR) is 132 cm³/mol. The third kappa shape index (κ3) is 5.01. The second kappa shape index (κ2) is 10.1. The van der Waals surface area contributed by atoms with E-state index in [-0.39, 0.29) is 18.0 Å². The van der Waals surface area contributed by atoms with Crippen LogP contribution < -0.4 is 30.6 Å². The Morgan fingerprint density at radius 2 is 1.89 bits per heavy atom. The van der Waals surface area contributed by atoms with Crippen molar-refractivity contribution in [1.82, 2.24) is 20.5 Å². The van der Waals surface area contributed by atoms with Crippen molar-refractivity contribution in [3.63, 3.8) is 0 Å². The van der Waals surface area contributed by atoms with Gasteiger partial charge in [0.05, 0.1) is 19.8 Å². The molecule has 1 atom stereocenters. The summed E-state index contributed by atoms with van der Waals surface area (Å²) in [6, 6.07) is 5.58. The first-order valence-corrected chi connectivity index (χ1v) is 12.7. The van der Waals surface area contributed by atoms with E-state index in [2.05, 4.69) is 20.5 Å². The fraction of sp³-hybridized carbons (Fsp3) is 0.409. The molecule has 188 valence electrons. The van der Waals surface area contributed by atoms with Crippen LogP contribution in [0, 0.1) is 0 Å². The average Bonchev–Trinajstić information content (AvgIpc) is 3.34. The van der Waals surface area contributed by atoms with Crippen molar-refractivity contribution >= 4 is 21.9 Å². The number of anilines is 2. The number of aromatic nitrogens is 3.